The first kappa shape index (κ1) is 5.86. The summed E-state index contributed by atoms with van der Waals surface area (Å²) in [5, 5.41) is -0.722. The van der Waals surface area contributed by atoms with Gasteiger partial charge in [0.05, 0.1) is 0 Å². The summed E-state index contributed by atoms with van der Waals surface area (Å²) in [6, 6.07) is 0. The van der Waals surface area contributed by atoms with Crippen LogP contribution in [0.25, 0.3) is 5.53 Å². The fourth-order valence-electron chi connectivity index (χ4n) is 0.585. The van der Waals surface area contributed by atoms with E-state index in [-0.39, 0.29) is 0 Å². The zero-order valence-corrected chi connectivity index (χ0v) is 5.57. The lowest BCUT2D eigenvalue weighted by atomic mass is 10.5. The summed E-state index contributed by atoms with van der Waals surface area (Å²) in [7, 11) is 2.34. The molecule has 1 heterocycles. The minimum Gasteiger partial charge on any atom is -0.504 e. The Balaban J connectivity index is 2.82. The van der Waals surface area contributed by atoms with Gasteiger partial charge in [0, 0.05) is 6.08 Å². The van der Waals surface area contributed by atoms with Gasteiger partial charge in [-0.2, -0.15) is 0 Å². The molecule has 0 saturated heterocycles. The van der Waals surface area contributed by atoms with Crippen molar-refractivity contribution in [3.63, 3.8) is 0 Å². The number of hydrogen-bond acceptors (Lipinski definition) is 1. The van der Waals surface area contributed by atoms with Crippen LogP contribution in [0.3, 0.4) is 0 Å². The molecule has 0 aromatic heterocycles. The summed E-state index contributed by atoms with van der Waals surface area (Å²) < 4.78 is 1.05. The second-order valence-corrected chi connectivity index (χ2v) is 2.80. The highest BCUT2D eigenvalue weighted by atomic mass is 31.0. The Morgan fingerprint density at radius 2 is 2.50 bits per heavy atom. The van der Waals surface area contributed by atoms with Crippen LogP contribution in [-0.2, 0) is 0 Å². The molecule has 0 radical (unpaired) electrons. The molecule has 0 amide bonds. The summed E-state index contributed by atoms with van der Waals surface area (Å²) in [6.45, 7) is 0.514. The number of hydrogen-bond donors (Lipinski definition) is 1. The smallest absolute Gasteiger partial charge is 0.233 e. The Labute approximate surface area is 50.3 Å². The van der Waals surface area contributed by atoms with Gasteiger partial charge in [0.25, 0.3) is 0 Å². The quantitative estimate of drug-likeness (QED) is 0.281. The molecule has 0 aromatic rings. The van der Waals surface area contributed by atoms with Crippen molar-refractivity contribution in [2.75, 3.05) is 6.54 Å². The van der Waals surface area contributed by atoms with Gasteiger partial charge >= 0.3 is 0 Å². The van der Waals surface area contributed by atoms with E-state index in [1.807, 2.05) is 6.08 Å². The number of nitrogens with two attached hydrogens (primary N) is 1. The Morgan fingerprint density at radius 3 is 2.62 bits per heavy atom. The lowest BCUT2D eigenvalue weighted by molar-refractivity contribution is -0.571. The Hall–Kier alpha value is -0.270. The summed E-state index contributed by atoms with van der Waals surface area (Å²) in [5.74, 6) is 0. The first-order valence-electron chi connectivity index (χ1n) is 2.35. The van der Waals surface area contributed by atoms with Crippen LogP contribution < -0.4 is 5.73 Å². The molecule has 0 spiro atoms. The van der Waals surface area contributed by atoms with Gasteiger partial charge in [0.15, 0.2) is 6.54 Å². The van der Waals surface area contributed by atoms with Crippen LogP contribution >= 0.6 is 9.24 Å². The van der Waals surface area contributed by atoms with Crippen LogP contribution in [0.2, 0.25) is 0 Å². The summed E-state index contributed by atoms with van der Waals surface area (Å²) in [6.07, 6.45) is 3.55. The molecule has 2 N–H and O–H groups in total. The van der Waals surface area contributed by atoms with E-state index in [0.29, 0.717) is 6.54 Å². The molecule has 0 aliphatic carbocycles. The first-order chi connectivity index (χ1) is 3.63. The highest BCUT2D eigenvalue weighted by Gasteiger charge is 2.26. The lowest BCUT2D eigenvalue weighted by Crippen LogP contribution is -2.37. The minimum absolute atomic E-state index is 0.514. The molecule has 4 heteroatoms. The van der Waals surface area contributed by atoms with Crippen molar-refractivity contribution >= 4 is 9.24 Å². The minimum atomic E-state index is -0.722. The molecule has 8 heavy (non-hydrogen) atoms. The predicted octanol–water partition coefficient (Wildman–Crippen LogP) is 0.0779. The molecule has 1 rings (SSSR count). The van der Waals surface area contributed by atoms with E-state index in [9.17, 15) is 0 Å². The topological polar surface area (TPSA) is 51.3 Å². The van der Waals surface area contributed by atoms with E-state index in [1.165, 1.54) is 0 Å². The van der Waals surface area contributed by atoms with E-state index in [1.54, 1.807) is 6.08 Å². The van der Waals surface area contributed by atoms with Crippen LogP contribution in [0.5, 0.6) is 0 Å². The molecule has 1 aliphatic heterocycles. The molecular weight excluding hydrogens is 121 g/mol. The van der Waals surface area contributed by atoms with E-state index < -0.39 is 5.40 Å². The Bertz CT molecular complexity index is 149. The van der Waals surface area contributed by atoms with Gasteiger partial charge in [0.2, 0.25) is 5.40 Å². The third kappa shape index (κ3) is 0.791. The van der Waals surface area contributed by atoms with Gasteiger partial charge in [-0.25, -0.2) is 0 Å². The van der Waals surface area contributed by atoms with E-state index >= 15 is 0 Å². The largest absolute Gasteiger partial charge is 0.504 e. The second-order valence-electron chi connectivity index (χ2n) is 1.87. The van der Waals surface area contributed by atoms with Crippen molar-refractivity contribution in [3.8, 4) is 0 Å². The zero-order valence-electron chi connectivity index (χ0n) is 4.41. The summed E-state index contributed by atoms with van der Waals surface area (Å²) in [4.78, 5) is 0. The SMILES string of the molecule is [N-]=[N+]1CC=CC1(N)P. The number of nitrogens with zero attached hydrogens (tertiary/aromatic N) is 2. The first-order valence-corrected chi connectivity index (χ1v) is 2.92. The maximum atomic E-state index is 8.88. The Kier molecular flexibility index (Phi) is 1.18. The van der Waals surface area contributed by atoms with Crippen molar-refractivity contribution in [1.82, 2.24) is 0 Å². The molecule has 0 fully saturated rings. The van der Waals surface area contributed by atoms with Crippen LogP contribution in [0.4, 0.5) is 0 Å². The molecule has 0 aromatic carbocycles. The van der Waals surface area contributed by atoms with Gasteiger partial charge in [-0.1, -0.05) is 0 Å². The summed E-state index contributed by atoms with van der Waals surface area (Å²) >= 11 is 0. The lowest BCUT2D eigenvalue weighted by Gasteiger charge is -2.14. The Morgan fingerprint density at radius 1 is 1.88 bits per heavy atom. The van der Waals surface area contributed by atoms with E-state index in [0.717, 1.165) is 4.70 Å². The number of rotatable bonds is 0. The average molecular weight is 129 g/mol. The van der Waals surface area contributed by atoms with Gasteiger partial charge < -0.3 is 5.53 Å². The molecule has 2 atom stereocenters. The van der Waals surface area contributed by atoms with Gasteiger partial charge in [-0.3, -0.25) is 10.4 Å². The third-order valence-electron chi connectivity index (χ3n) is 1.11. The van der Waals surface area contributed by atoms with Crippen LogP contribution in [-0.4, -0.2) is 16.6 Å². The molecule has 0 saturated carbocycles. The highest BCUT2D eigenvalue weighted by molar-refractivity contribution is 7.18. The van der Waals surface area contributed by atoms with Crippen molar-refractivity contribution in [2.24, 2.45) is 5.73 Å². The highest BCUT2D eigenvalue weighted by Crippen LogP contribution is 2.18. The molecule has 1 aliphatic rings. The molecule has 3 nitrogen and oxygen atoms in total. The van der Waals surface area contributed by atoms with Crippen LogP contribution in [0, 0.1) is 0 Å². The summed E-state index contributed by atoms with van der Waals surface area (Å²) in [5.41, 5.74) is 14.4. The van der Waals surface area contributed by atoms with Gasteiger partial charge in [-0.05, 0) is 15.3 Å². The van der Waals surface area contributed by atoms with Gasteiger partial charge in [-0.15, -0.1) is 0 Å². The monoisotopic (exact) mass is 129 g/mol. The molecule has 0 bridgehead atoms. The third-order valence-corrected chi connectivity index (χ3v) is 1.60. The van der Waals surface area contributed by atoms with Crippen molar-refractivity contribution in [3.05, 3.63) is 17.7 Å². The van der Waals surface area contributed by atoms with Crippen LogP contribution in [0.15, 0.2) is 12.2 Å². The van der Waals surface area contributed by atoms with Crippen molar-refractivity contribution < 1.29 is 4.70 Å². The van der Waals surface area contributed by atoms with E-state index in [4.69, 9.17) is 11.3 Å². The zero-order chi connectivity index (χ0) is 6.20. The fourth-order valence-corrected chi connectivity index (χ4v) is 0.827. The maximum absolute atomic E-state index is 8.88. The normalized spacial score (nSPS) is 36.5. The molecule has 44 valence electrons. The standard InChI is InChI=1S/C4H8N3P/c5-4(8)2-1-3-7(4)6/h1-2H,3,5,8H2. The average Bonchev–Trinajstić information content (AvgIpc) is 1.86. The predicted molar refractivity (Wildman–Crippen MR) is 34.3 cm³/mol. The second kappa shape index (κ2) is 1.61. The van der Waals surface area contributed by atoms with Gasteiger partial charge in [0.1, 0.15) is 0 Å². The molecular formula is C4H8N3P. The molecule has 2 unspecified atom stereocenters. The fraction of sp³-hybridized carbons (Fsp3) is 0.500. The van der Waals surface area contributed by atoms with Crippen molar-refractivity contribution in [1.29, 1.82) is 0 Å². The van der Waals surface area contributed by atoms with E-state index in [2.05, 4.69) is 9.24 Å². The maximum Gasteiger partial charge on any atom is 0.233 e. The van der Waals surface area contributed by atoms with Crippen LogP contribution in [0.1, 0.15) is 0 Å². The van der Waals surface area contributed by atoms with Crippen molar-refractivity contribution in [2.45, 2.75) is 5.40 Å².